The van der Waals surface area contributed by atoms with Gasteiger partial charge in [-0.2, -0.15) is 0 Å². The predicted molar refractivity (Wildman–Crippen MR) is 85.1 cm³/mol. The lowest BCUT2D eigenvalue weighted by molar-refractivity contribution is -0.117. The molecule has 0 fully saturated rings. The van der Waals surface area contributed by atoms with Gasteiger partial charge in [-0.25, -0.2) is 0 Å². The van der Waals surface area contributed by atoms with Gasteiger partial charge in [0.1, 0.15) is 0 Å². The molecule has 2 N–H and O–H groups in total. The Morgan fingerprint density at radius 2 is 2.05 bits per heavy atom. The van der Waals surface area contributed by atoms with Crippen molar-refractivity contribution in [2.75, 3.05) is 0 Å². The number of carbonyl (C=O) groups is 2. The molecule has 1 aromatic carbocycles. The van der Waals surface area contributed by atoms with Crippen LogP contribution in [-0.2, 0) is 4.79 Å². The highest BCUT2D eigenvalue weighted by Gasteiger charge is 2.05. The number of pyridine rings is 1. The zero-order valence-electron chi connectivity index (χ0n) is 11.8. The van der Waals surface area contributed by atoms with Gasteiger partial charge in [-0.15, -0.1) is 0 Å². The largest absolute Gasteiger partial charge is 0.271 e. The number of rotatable bonds is 3. The van der Waals surface area contributed by atoms with Crippen molar-refractivity contribution >= 4 is 29.5 Å². The second-order valence-corrected chi connectivity index (χ2v) is 4.93. The molecular weight excluding hydrogens is 302 g/mol. The maximum Gasteiger partial charge on any atom is 0.271 e. The third-order valence-corrected chi connectivity index (χ3v) is 3.25. The molecule has 0 bridgehead atoms. The predicted octanol–water partition coefficient (Wildman–Crippen LogP) is 2.52. The molecule has 2 amide bonds. The van der Waals surface area contributed by atoms with E-state index in [2.05, 4.69) is 15.8 Å². The van der Waals surface area contributed by atoms with E-state index in [-0.39, 0.29) is 0 Å². The molecule has 2 aromatic rings. The lowest BCUT2D eigenvalue weighted by Crippen LogP contribution is -2.40. The standard InChI is InChI=1S/C16H14ClN3O2/c1-11-4-5-12(9-14(11)17)6-7-15(21)19-20-16(22)13-3-2-8-18-10-13/h2-10H,1H3,(H,19,21)(H,20,22)/b7-6+. The van der Waals surface area contributed by atoms with Gasteiger partial charge in [-0.1, -0.05) is 23.7 Å². The maximum absolute atomic E-state index is 11.7. The molecule has 0 radical (unpaired) electrons. The van der Waals surface area contributed by atoms with Crippen LogP contribution in [-0.4, -0.2) is 16.8 Å². The van der Waals surface area contributed by atoms with E-state index in [1.165, 1.54) is 12.3 Å². The van der Waals surface area contributed by atoms with Gasteiger partial charge in [0.2, 0.25) is 0 Å². The first-order valence-corrected chi connectivity index (χ1v) is 6.88. The van der Waals surface area contributed by atoms with Crippen LogP contribution in [0.15, 0.2) is 48.8 Å². The van der Waals surface area contributed by atoms with E-state index in [0.29, 0.717) is 10.6 Å². The topological polar surface area (TPSA) is 71.1 Å². The fraction of sp³-hybridized carbons (Fsp3) is 0.0625. The van der Waals surface area contributed by atoms with Gasteiger partial charge in [0.05, 0.1) is 5.56 Å². The highest BCUT2D eigenvalue weighted by Crippen LogP contribution is 2.17. The molecule has 0 aliphatic heterocycles. The summed E-state index contributed by atoms with van der Waals surface area (Å²) in [6, 6.07) is 8.70. The Bertz CT molecular complexity index is 715. The zero-order valence-corrected chi connectivity index (χ0v) is 12.6. The Labute approximate surface area is 133 Å². The highest BCUT2D eigenvalue weighted by atomic mass is 35.5. The minimum Gasteiger partial charge on any atom is -0.268 e. The fourth-order valence-electron chi connectivity index (χ4n) is 1.61. The number of hydrogen-bond donors (Lipinski definition) is 2. The van der Waals surface area contributed by atoms with Crippen molar-refractivity contribution < 1.29 is 9.59 Å². The minimum atomic E-state index is -0.450. The molecule has 1 heterocycles. The molecule has 0 spiro atoms. The number of carbonyl (C=O) groups excluding carboxylic acids is 2. The van der Waals surface area contributed by atoms with E-state index in [9.17, 15) is 9.59 Å². The zero-order chi connectivity index (χ0) is 15.9. The van der Waals surface area contributed by atoms with Crippen molar-refractivity contribution in [3.63, 3.8) is 0 Å². The highest BCUT2D eigenvalue weighted by molar-refractivity contribution is 6.31. The van der Waals surface area contributed by atoms with Crippen LogP contribution < -0.4 is 10.9 Å². The van der Waals surface area contributed by atoms with Crippen molar-refractivity contribution in [1.29, 1.82) is 0 Å². The molecule has 6 heteroatoms. The lowest BCUT2D eigenvalue weighted by atomic mass is 10.1. The summed E-state index contributed by atoms with van der Waals surface area (Å²) >= 11 is 6.00. The number of nitrogens with zero attached hydrogens (tertiary/aromatic N) is 1. The summed E-state index contributed by atoms with van der Waals surface area (Å²) < 4.78 is 0. The van der Waals surface area contributed by atoms with Gasteiger partial charge >= 0.3 is 0 Å². The van der Waals surface area contributed by atoms with E-state index < -0.39 is 11.8 Å². The molecule has 0 unspecified atom stereocenters. The first-order valence-electron chi connectivity index (χ1n) is 6.51. The monoisotopic (exact) mass is 315 g/mol. The summed E-state index contributed by atoms with van der Waals surface area (Å²) in [5.41, 5.74) is 6.71. The molecule has 112 valence electrons. The van der Waals surface area contributed by atoms with Crippen LogP contribution in [0.1, 0.15) is 21.5 Å². The van der Waals surface area contributed by atoms with Crippen molar-refractivity contribution in [3.8, 4) is 0 Å². The normalized spacial score (nSPS) is 10.5. The maximum atomic E-state index is 11.7. The number of nitrogens with one attached hydrogen (secondary N) is 2. The summed E-state index contributed by atoms with van der Waals surface area (Å²) in [4.78, 5) is 27.2. The van der Waals surface area contributed by atoms with Gasteiger partial charge in [0.15, 0.2) is 0 Å². The first kappa shape index (κ1) is 15.7. The quantitative estimate of drug-likeness (QED) is 0.675. The fourth-order valence-corrected chi connectivity index (χ4v) is 1.80. The van der Waals surface area contributed by atoms with Crippen LogP contribution in [0.25, 0.3) is 6.08 Å². The Balaban J connectivity index is 1.89. The van der Waals surface area contributed by atoms with Crippen molar-refractivity contribution in [3.05, 3.63) is 70.5 Å². The smallest absolute Gasteiger partial charge is 0.268 e. The molecule has 0 saturated carbocycles. The SMILES string of the molecule is Cc1ccc(/C=C/C(=O)NNC(=O)c2cccnc2)cc1Cl. The van der Waals surface area contributed by atoms with Crippen LogP contribution >= 0.6 is 11.6 Å². The second-order valence-electron chi connectivity index (χ2n) is 4.53. The van der Waals surface area contributed by atoms with Crippen LogP contribution in [0.2, 0.25) is 5.02 Å². The third kappa shape index (κ3) is 4.43. The van der Waals surface area contributed by atoms with Gasteiger partial charge in [-0.3, -0.25) is 25.4 Å². The third-order valence-electron chi connectivity index (χ3n) is 2.85. The molecule has 0 saturated heterocycles. The number of hydrogen-bond acceptors (Lipinski definition) is 3. The van der Waals surface area contributed by atoms with Crippen LogP contribution in [0.4, 0.5) is 0 Å². The molecule has 2 rings (SSSR count). The average Bonchev–Trinajstić information content (AvgIpc) is 2.54. The summed E-state index contributed by atoms with van der Waals surface area (Å²) in [5, 5.41) is 0.632. The minimum absolute atomic E-state index is 0.358. The lowest BCUT2D eigenvalue weighted by Gasteiger charge is -2.04. The Morgan fingerprint density at radius 1 is 1.23 bits per heavy atom. The van der Waals surface area contributed by atoms with Gasteiger partial charge in [0.25, 0.3) is 11.8 Å². The molecule has 1 aromatic heterocycles. The number of aryl methyl sites for hydroxylation is 1. The average molecular weight is 316 g/mol. The summed E-state index contributed by atoms with van der Waals surface area (Å²) in [7, 11) is 0. The van der Waals surface area contributed by atoms with Crippen LogP contribution in [0.5, 0.6) is 0 Å². The van der Waals surface area contributed by atoms with Crippen LogP contribution in [0, 0.1) is 6.92 Å². The number of hydrazine groups is 1. The summed E-state index contributed by atoms with van der Waals surface area (Å²) in [6.45, 7) is 1.90. The van der Waals surface area contributed by atoms with Crippen molar-refractivity contribution in [1.82, 2.24) is 15.8 Å². The number of aromatic nitrogens is 1. The number of amides is 2. The van der Waals surface area contributed by atoms with Crippen molar-refractivity contribution in [2.24, 2.45) is 0 Å². The van der Waals surface area contributed by atoms with E-state index in [1.807, 2.05) is 19.1 Å². The van der Waals surface area contributed by atoms with E-state index in [4.69, 9.17) is 11.6 Å². The molecular formula is C16H14ClN3O2. The Hall–Kier alpha value is -2.66. The number of halogens is 1. The van der Waals surface area contributed by atoms with Gasteiger partial charge < -0.3 is 0 Å². The van der Waals surface area contributed by atoms with Crippen molar-refractivity contribution in [2.45, 2.75) is 6.92 Å². The number of benzene rings is 1. The van der Waals surface area contributed by atoms with E-state index in [1.54, 1.807) is 30.5 Å². The molecule has 0 aliphatic rings. The van der Waals surface area contributed by atoms with Gasteiger partial charge in [-0.05, 0) is 42.3 Å². The van der Waals surface area contributed by atoms with Gasteiger partial charge in [0, 0.05) is 23.5 Å². The molecule has 5 nitrogen and oxygen atoms in total. The Kier molecular flexibility index (Phi) is 5.27. The summed E-state index contributed by atoms with van der Waals surface area (Å²) in [6.07, 6.45) is 5.89. The van der Waals surface area contributed by atoms with Crippen LogP contribution in [0.3, 0.4) is 0 Å². The van der Waals surface area contributed by atoms with E-state index in [0.717, 1.165) is 11.1 Å². The first-order chi connectivity index (χ1) is 10.6. The van der Waals surface area contributed by atoms with E-state index >= 15 is 0 Å². The second kappa shape index (κ2) is 7.38. The molecule has 22 heavy (non-hydrogen) atoms. The molecule has 0 aliphatic carbocycles. The summed E-state index contributed by atoms with van der Waals surface area (Å²) in [5.74, 6) is -0.887. The Morgan fingerprint density at radius 3 is 2.73 bits per heavy atom. The molecule has 0 atom stereocenters.